The zero-order valence-corrected chi connectivity index (χ0v) is 13.6. The second kappa shape index (κ2) is 4.57. The molecule has 0 aliphatic rings. The van der Waals surface area contributed by atoms with Crippen LogP contribution in [0.25, 0.3) is 32.7 Å². The number of nitrogens with zero attached hydrogens (tertiary/aromatic N) is 2. The molecule has 2 aromatic heterocycles. The van der Waals surface area contributed by atoms with E-state index >= 15 is 0 Å². The molecular formula is C20H20N2. The lowest BCUT2D eigenvalue weighted by Crippen LogP contribution is -1.97. The summed E-state index contributed by atoms with van der Waals surface area (Å²) in [7, 11) is 0. The van der Waals surface area contributed by atoms with E-state index in [0.29, 0.717) is 0 Å². The molecule has 110 valence electrons. The Balaban J connectivity index is 2.39. The first-order valence-electron chi connectivity index (χ1n) is 7.91. The van der Waals surface area contributed by atoms with Crippen molar-refractivity contribution in [2.45, 2.75) is 34.2 Å². The summed E-state index contributed by atoms with van der Waals surface area (Å²) in [5.41, 5.74) is 7.53. The Hall–Kier alpha value is -2.35. The van der Waals surface area contributed by atoms with Gasteiger partial charge < -0.3 is 4.57 Å². The molecule has 0 bridgehead atoms. The minimum absolute atomic E-state index is 0.981. The van der Waals surface area contributed by atoms with Crippen LogP contribution in [0.3, 0.4) is 0 Å². The van der Waals surface area contributed by atoms with E-state index in [1.54, 1.807) is 0 Å². The maximum Gasteiger partial charge on any atom is 0.0744 e. The maximum atomic E-state index is 4.82. The molecule has 0 unspecified atom stereocenters. The van der Waals surface area contributed by atoms with Gasteiger partial charge in [0.2, 0.25) is 0 Å². The number of aromatic nitrogens is 2. The van der Waals surface area contributed by atoms with Crippen LogP contribution in [0.15, 0.2) is 36.4 Å². The monoisotopic (exact) mass is 288 g/mol. The third-order valence-electron chi connectivity index (χ3n) is 4.81. The standard InChI is InChI=1S/C20H20N2/c1-5-22-17-9-7-6-8-16(17)18-14(4)19-15(13(3)20(18)22)11-10-12(2)21-19/h6-11H,5H2,1-4H3. The summed E-state index contributed by atoms with van der Waals surface area (Å²) in [5.74, 6) is 0. The van der Waals surface area contributed by atoms with E-state index in [2.05, 4.69) is 68.7 Å². The number of aryl methyl sites for hydroxylation is 4. The summed E-state index contributed by atoms with van der Waals surface area (Å²) in [6.45, 7) is 9.70. The van der Waals surface area contributed by atoms with Crippen molar-refractivity contribution < 1.29 is 0 Å². The Kier molecular flexibility index (Phi) is 2.77. The van der Waals surface area contributed by atoms with E-state index in [1.165, 1.54) is 38.3 Å². The summed E-state index contributed by atoms with van der Waals surface area (Å²) in [6, 6.07) is 13.0. The fraction of sp³-hybridized carbons (Fsp3) is 0.250. The lowest BCUT2D eigenvalue weighted by molar-refractivity contribution is 0.825. The minimum Gasteiger partial charge on any atom is -0.341 e. The highest BCUT2D eigenvalue weighted by molar-refractivity contribution is 6.16. The molecule has 4 aromatic rings. The minimum atomic E-state index is 0.981. The van der Waals surface area contributed by atoms with Crippen LogP contribution in [-0.4, -0.2) is 9.55 Å². The molecule has 22 heavy (non-hydrogen) atoms. The zero-order chi connectivity index (χ0) is 15.4. The number of rotatable bonds is 1. The lowest BCUT2D eigenvalue weighted by atomic mass is 9.98. The highest BCUT2D eigenvalue weighted by Gasteiger charge is 2.17. The number of pyridine rings is 1. The first-order chi connectivity index (χ1) is 10.6. The van der Waals surface area contributed by atoms with Crippen LogP contribution in [0.2, 0.25) is 0 Å². The van der Waals surface area contributed by atoms with Crippen LogP contribution in [-0.2, 0) is 6.54 Å². The highest BCUT2D eigenvalue weighted by Crippen LogP contribution is 2.37. The average molecular weight is 288 g/mol. The van der Waals surface area contributed by atoms with Crippen molar-refractivity contribution in [3.8, 4) is 0 Å². The summed E-state index contributed by atoms with van der Waals surface area (Å²) in [6.07, 6.45) is 0. The quantitative estimate of drug-likeness (QED) is 0.465. The first kappa shape index (κ1) is 13.3. The molecule has 4 rings (SSSR count). The van der Waals surface area contributed by atoms with Gasteiger partial charge in [0.15, 0.2) is 0 Å². The second-order valence-corrected chi connectivity index (χ2v) is 6.08. The van der Waals surface area contributed by atoms with E-state index in [1.807, 2.05) is 0 Å². The third-order valence-corrected chi connectivity index (χ3v) is 4.81. The van der Waals surface area contributed by atoms with E-state index in [9.17, 15) is 0 Å². The number of para-hydroxylation sites is 1. The predicted molar refractivity (Wildman–Crippen MR) is 94.6 cm³/mol. The fourth-order valence-corrected chi connectivity index (χ4v) is 3.79. The molecule has 0 amide bonds. The SMILES string of the molecule is CCn1c2ccccc2c2c(C)c3nc(C)ccc3c(C)c21. The zero-order valence-electron chi connectivity index (χ0n) is 13.6. The molecule has 0 fully saturated rings. The predicted octanol–water partition coefficient (Wildman–Crippen LogP) is 5.29. The topological polar surface area (TPSA) is 17.8 Å². The van der Waals surface area contributed by atoms with Crippen molar-refractivity contribution in [3.63, 3.8) is 0 Å². The molecule has 2 nitrogen and oxygen atoms in total. The smallest absolute Gasteiger partial charge is 0.0744 e. The van der Waals surface area contributed by atoms with Gasteiger partial charge in [0.05, 0.1) is 11.0 Å². The van der Waals surface area contributed by atoms with E-state index in [0.717, 1.165) is 17.8 Å². The Morgan fingerprint density at radius 2 is 1.68 bits per heavy atom. The largest absolute Gasteiger partial charge is 0.341 e. The van der Waals surface area contributed by atoms with Crippen LogP contribution in [0, 0.1) is 20.8 Å². The first-order valence-corrected chi connectivity index (χ1v) is 7.91. The van der Waals surface area contributed by atoms with Crippen LogP contribution < -0.4 is 0 Å². The van der Waals surface area contributed by atoms with Gasteiger partial charge in [-0.15, -0.1) is 0 Å². The van der Waals surface area contributed by atoms with Gasteiger partial charge in [-0.3, -0.25) is 4.98 Å². The van der Waals surface area contributed by atoms with Gasteiger partial charge in [-0.25, -0.2) is 0 Å². The summed E-state index contributed by atoms with van der Waals surface area (Å²) in [4.78, 5) is 4.82. The van der Waals surface area contributed by atoms with Crippen LogP contribution in [0.1, 0.15) is 23.7 Å². The van der Waals surface area contributed by atoms with Crippen molar-refractivity contribution in [1.82, 2.24) is 9.55 Å². The number of benzene rings is 2. The Bertz CT molecular complexity index is 1040. The Morgan fingerprint density at radius 3 is 2.45 bits per heavy atom. The second-order valence-electron chi connectivity index (χ2n) is 6.08. The van der Waals surface area contributed by atoms with E-state index < -0.39 is 0 Å². The van der Waals surface area contributed by atoms with Gasteiger partial charge in [0.1, 0.15) is 0 Å². The molecular weight excluding hydrogens is 268 g/mol. The molecule has 0 atom stereocenters. The van der Waals surface area contributed by atoms with Crippen molar-refractivity contribution in [3.05, 3.63) is 53.2 Å². The van der Waals surface area contributed by atoms with Gasteiger partial charge in [-0.2, -0.15) is 0 Å². The number of fused-ring (bicyclic) bond motifs is 4. The normalized spacial score (nSPS) is 11.8. The van der Waals surface area contributed by atoms with Gasteiger partial charge >= 0.3 is 0 Å². The van der Waals surface area contributed by atoms with Crippen molar-refractivity contribution >= 4 is 32.7 Å². The third kappa shape index (κ3) is 1.58. The molecule has 2 heterocycles. The van der Waals surface area contributed by atoms with E-state index in [-0.39, 0.29) is 0 Å². The maximum absolute atomic E-state index is 4.82. The van der Waals surface area contributed by atoms with Crippen molar-refractivity contribution in [2.24, 2.45) is 0 Å². The van der Waals surface area contributed by atoms with Gasteiger partial charge in [-0.05, 0) is 51.0 Å². The molecule has 0 spiro atoms. The van der Waals surface area contributed by atoms with Crippen LogP contribution in [0.5, 0.6) is 0 Å². The number of hydrogen-bond acceptors (Lipinski definition) is 1. The van der Waals surface area contributed by atoms with Gasteiger partial charge in [-0.1, -0.05) is 24.3 Å². The fourth-order valence-electron chi connectivity index (χ4n) is 3.79. The Labute approximate surface area is 130 Å². The van der Waals surface area contributed by atoms with Crippen LogP contribution in [0.4, 0.5) is 0 Å². The Morgan fingerprint density at radius 1 is 0.909 bits per heavy atom. The number of hydrogen-bond donors (Lipinski definition) is 0. The van der Waals surface area contributed by atoms with E-state index in [4.69, 9.17) is 4.98 Å². The lowest BCUT2D eigenvalue weighted by Gasteiger charge is -2.11. The molecule has 0 saturated heterocycles. The summed E-state index contributed by atoms with van der Waals surface area (Å²) in [5, 5.41) is 3.97. The molecule has 0 radical (unpaired) electrons. The summed E-state index contributed by atoms with van der Waals surface area (Å²) < 4.78 is 2.44. The highest BCUT2D eigenvalue weighted by atomic mass is 15.0. The summed E-state index contributed by atoms with van der Waals surface area (Å²) >= 11 is 0. The molecule has 2 heteroatoms. The van der Waals surface area contributed by atoms with Gasteiger partial charge in [0.25, 0.3) is 0 Å². The molecule has 2 aromatic carbocycles. The molecule has 0 N–H and O–H groups in total. The van der Waals surface area contributed by atoms with Crippen LogP contribution >= 0.6 is 0 Å². The van der Waals surface area contributed by atoms with Crippen molar-refractivity contribution in [1.29, 1.82) is 0 Å². The van der Waals surface area contributed by atoms with Gasteiger partial charge in [0, 0.05) is 33.9 Å². The average Bonchev–Trinajstić information content (AvgIpc) is 2.87. The van der Waals surface area contributed by atoms with Crippen molar-refractivity contribution in [2.75, 3.05) is 0 Å². The molecule has 0 saturated carbocycles. The molecule has 0 aliphatic heterocycles. The molecule has 0 aliphatic carbocycles.